The number of hydrogen-bond donors (Lipinski definition) is 1. The van der Waals surface area contributed by atoms with Crippen LogP contribution in [-0.2, 0) is 11.2 Å². The van der Waals surface area contributed by atoms with Crippen molar-refractivity contribution >= 4 is 11.6 Å². The minimum atomic E-state index is -1.54. The van der Waals surface area contributed by atoms with Crippen LogP contribution < -0.4 is 5.32 Å². The van der Waals surface area contributed by atoms with E-state index >= 15 is 0 Å². The number of likely N-dealkylation sites (tertiary alicyclic amines) is 1. The largest absolute Gasteiger partial charge is 0.374 e. The van der Waals surface area contributed by atoms with E-state index in [1.165, 1.54) is 5.56 Å². The number of piperidine rings is 1. The van der Waals surface area contributed by atoms with Crippen LogP contribution in [0.3, 0.4) is 0 Å². The van der Waals surface area contributed by atoms with Gasteiger partial charge >= 0.3 is 0 Å². The molecule has 0 bridgehead atoms. The molecule has 3 nitrogen and oxygen atoms in total. The summed E-state index contributed by atoms with van der Waals surface area (Å²) in [6.07, 6.45) is 2.83. The highest BCUT2D eigenvalue weighted by Gasteiger charge is 2.23. The molecule has 1 N–H and O–H groups in total. The molecule has 1 heterocycles. The number of nitrogens with zero attached hydrogens (tertiary/aromatic N) is 1. The summed E-state index contributed by atoms with van der Waals surface area (Å²) in [5.41, 5.74) is 1.09. The van der Waals surface area contributed by atoms with Crippen LogP contribution in [0.15, 0.2) is 42.5 Å². The van der Waals surface area contributed by atoms with E-state index in [9.17, 15) is 18.0 Å². The number of anilines is 1. The van der Waals surface area contributed by atoms with Crippen LogP contribution in [0, 0.1) is 23.4 Å². The summed E-state index contributed by atoms with van der Waals surface area (Å²) >= 11 is 0. The van der Waals surface area contributed by atoms with Gasteiger partial charge < -0.3 is 10.2 Å². The lowest BCUT2D eigenvalue weighted by Gasteiger charge is -2.32. The lowest BCUT2D eigenvalue weighted by atomic mass is 9.90. The highest BCUT2D eigenvalue weighted by atomic mass is 19.2. The predicted octanol–water partition coefficient (Wildman–Crippen LogP) is 4.00. The van der Waals surface area contributed by atoms with Crippen LogP contribution in [-0.4, -0.2) is 30.4 Å². The van der Waals surface area contributed by atoms with Gasteiger partial charge in [0.1, 0.15) is 0 Å². The summed E-state index contributed by atoms with van der Waals surface area (Å²) in [5.74, 6) is -3.73. The third kappa shape index (κ3) is 4.36. The number of rotatable bonds is 5. The van der Waals surface area contributed by atoms with Crippen molar-refractivity contribution in [3.63, 3.8) is 0 Å². The first-order valence-electron chi connectivity index (χ1n) is 8.73. The maximum atomic E-state index is 13.6. The van der Waals surface area contributed by atoms with Crippen LogP contribution in [0.2, 0.25) is 0 Å². The van der Waals surface area contributed by atoms with Gasteiger partial charge in [-0.2, -0.15) is 0 Å². The molecule has 0 spiro atoms. The van der Waals surface area contributed by atoms with Gasteiger partial charge in [0.15, 0.2) is 17.5 Å². The van der Waals surface area contributed by atoms with Gasteiger partial charge in [-0.25, -0.2) is 13.2 Å². The molecule has 1 fully saturated rings. The van der Waals surface area contributed by atoms with Crippen molar-refractivity contribution in [2.45, 2.75) is 19.3 Å². The Balaban J connectivity index is 1.47. The topological polar surface area (TPSA) is 32.3 Å². The molecule has 0 unspecified atom stereocenters. The second-order valence-corrected chi connectivity index (χ2v) is 6.59. The van der Waals surface area contributed by atoms with Gasteiger partial charge in [0.05, 0.1) is 12.2 Å². The Labute approximate surface area is 150 Å². The predicted molar refractivity (Wildman–Crippen MR) is 94.3 cm³/mol. The number of amides is 1. The van der Waals surface area contributed by atoms with Gasteiger partial charge in [-0.05, 0) is 42.9 Å². The second kappa shape index (κ2) is 8.25. The van der Waals surface area contributed by atoms with E-state index in [0.29, 0.717) is 19.0 Å². The molecule has 2 aromatic carbocycles. The Morgan fingerprint density at radius 3 is 2.38 bits per heavy atom. The summed E-state index contributed by atoms with van der Waals surface area (Å²) in [4.78, 5) is 14.0. The molecule has 0 saturated carbocycles. The molecule has 26 heavy (non-hydrogen) atoms. The molecule has 0 aliphatic carbocycles. The molecular weight excluding hydrogens is 341 g/mol. The van der Waals surface area contributed by atoms with Crippen molar-refractivity contribution in [1.82, 2.24) is 4.90 Å². The van der Waals surface area contributed by atoms with Gasteiger partial charge in [0.2, 0.25) is 5.91 Å². The van der Waals surface area contributed by atoms with E-state index in [1.54, 1.807) is 4.90 Å². The van der Waals surface area contributed by atoms with E-state index in [2.05, 4.69) is 17.4 Å². The number of carbonyl (C=O) groups excluding carboxylic acids is 1. The minimum absolute atomic E-state index is 0.147. The summed E-state index contributed by atoms with van der Waals surface area (Å²) in [7, 11) is 0. The molecule has 1 saturated heterocycles. The maximum absolute atomic E-state index is 13.6. The molecule has 3 rings (SSSR count). The van der Waals surface area contributed by atoms with Crippen molar-refractivity contribution in [3.8, 4) is 0 Å². The van der Waals surface area contributed by atoms with E-state index in [-0.39, 0.29) is 18.1 Å². The number of halogens is 3. The van der Waals surface area contributed by atoms with Gasteiger partial charge in [-0.1, -0.05) is 30.3 Å². The Hall–Kier alpha value is -2.50. The third-order valence-electron chi connectivity index (χ3n) is 4.80. The van der Waals surface area contributed by atoms with Crippen LogP contribution in [0.5, 0.6) is 0 Å². The van der Waals surface area contributed by atoms with Crippen LogP contribution in [0.25, 0.3) is 0 Å². The highest BCUT2D eigenvalue weighted by Crippen LogP contribution is 2.22. The summed E-state index contributed by atoms with van der Waals surface area (Å²) in [5, 5.41) is 2.56. The van der Waals surface area contributed by atoms with E-state index < -0.39 is 17.5 Å². The molecule has 0 atom stereocenters. The molecule has 0 radical (unpaired) electrons. The Kier molecular flexibility index (Phi) is 5.81. The van der Waals surface area contributed by atoms with Gasteiger partial charge in [0, 0.05) is 13.1 Å². The minimum Gasteiger partial charge on any atom is -0.374 e. The average Bonchev–Trinajstić information content (AvgIpc) is 2.67. The number of carbonyl (C=O) groups is 1. The smallest absolute Gasteiger partial charge is 0.241 e. The third-order valence-corrected chi connectivity index (χ3v) is 4.80. The fourth-order valence-electron chi connectivity index (χ4n) is 3.28. The van der Waals surface area contributed by atoms with Crippen molar-refractivity contribution in [2.24, 2.45) is 5.92 Å². The number of hydrogen-bond acceptors (Lipinski definition) is 2. The van der Waals surface area contributed by atoms with Crippen molar-refractivity contribution < 1.29 is 18.0 Å². The van der Waals surface area contributed by atoms with Crippen molar-refractivity contribution in [1.29, 1.82) is 0 Å². The van der Waals surface area contributed by atoms with Crippen LogP contribution in [0.4, 0.5) is 18.9 Å². The highest BCUT2D eigenvalue weighted by molar-refractivity contribution is 5.81. The molecule has 1 amide bonds. The Morgan fingerprint density at radius 2 is 1.69 bits per heavy atom. The molecule has 0 aromatic heterocycles. The van der Waals surface area contributed by atoms with Gasteiger partial charge in [0.25, 0.3) is 0 Å². The lowest BCUT2D eigenvalue weighted by Crippen LogP contribution is -2.41. The van der Waals surface area contributed by atoms with Crippen LogP contribution >= 0.6 is 0 Å². The Bertz CT molecular complexity index is 759. The van der Waals surface area contributed by atoms with Crippen molar-refractivity contribution in [2.75, 3.05) is 25.0 Å². The maximum Gasteiger partial charge on any atom is 0.241 e. The number of benzene rings is 2. The first-order chi connectivity index (χ1) is 12.5. The molecular formula is C20H21F3N2O. The number of nitrogens with one attached hydrogen (secondary N) is 1. The molecule has 2 aromatic rings. The monoisotopic (exact) mass is 362 g/mol. The first-order valence-corrected chi connectivity index (χ1v) is 8.73. The fourth-order valence-corrected chi connectivity index (χ4v) is 3.28. The van der Waals surface area contributed by atoms with Gasteiger partial charge in [-0.3, -0.25) is 4.79 Å². The molecule has 1 aliphatic heterocycles. The fraction of sp³-hybridized carbons (Fsp3) is 0.350. The summed E-state index contributed by atoms with van der Waals surface area (Å²) in [6, 6.07) is 12.2. The summed E-state index contributed by atoms with van der Waals surface area (Å²) < 4.78 is 39.7. The van der Waals surface area contributed by atoms with E-state index in [4.69, 9.17) is 0 Å². The summed E-state index contributed by atoms with van der Waals surface area (Å²) in [6.45, 7) is 1.15. The second-order valence-electron chi connectivity index (χ2n) is 6.59. The van der Waals surface area contributed by atoms with Crippen LogP contribution in [0.1, 0.15) is 18.4 Å². The lowest BCUT2D eigenvalue weighted by molar-refractivity contribution is -0.130. The van der Waals surface area contributed by atoms with Crippen molar-refractivity contribution in [3.05, 3.63) is 65.5 Å². The quantitative estimate of drug-likeness (QED) is 0.816. The molecule has 1 aliphatic rings. The average molecular weight is 362 g/mol. The zero-order chi connectivity index (χ0) is 18.5. The molecule has 138 valence electrons. The Morgan fingerprint density at radius 1 is 1.00 bits per heavy atom. The van der Waals surface area contributed by atoms with Gasteiger partial charge in [-0.15, -0.1) is 0 Å². The normalized spacial score (nSPS) is 15.1. The molecule has 6 heteroatoms. The SMILES string of the molecule is O=C(CNc1ccc(F)c(F)c1F)N1CCC(Cc2ccccc2)CC1. The van der Waals surface area contributed by atoms with E-state index in [1.807, 2.05) is 18.2 Å². The standard InChI is InChI=1S/C20H21F3N2O/c21-16-6-7-17(20(23)19(16)22)24-13-18(26)25-10-8-15(9-11-25)12-14-4-2-1-3-5-14/h1-7,15,24H,8-13H2. The first kappa shape index (κ1) is 18.3. The van der Waals surface area contributed by atoms with E-state index in [0.717, 1.165) is 31.4 Å². The zero-order valence-electron chi connectivity index (χ0n) is 14.4. The zero-order valence-corrected chi connectivity index (χ0v) is 14.4.